The number of halogens is 2. The van der Waals surface area contributed by atoms with Crippen LogP contribution < -0.4 is 10.2 Å². The number of rotatable bonds is 4. The van der Waals surface area contributed by atoms with Gasteiger partial charge < -0.3 is 5.32 Å². The number of nitrogens with zero attached hydrogens (tertiary/aromatic N) is 1. The molecule has 2 heterocycles. The zero-order valence-electron chi connectivity index (χ0n) is 17.7. The maximum atomic E-state index is 13.1. The fraction of sp³-hybridized carbons (Fsp3) is 0.360. The molecule has 2 bridgehead atoms. The van der Waals surface area contributed by atoms with Crippen LogP contribution in [0.15, 0.2) is 62.8 Å². The third-order valence-corrected chi connectivity index (χ3v) is 11.0. The van der Waals surface area contributed by atoms with E-state index in [2.05, 4.69) is 45.5 Å². The smallest absolute Gasteiger partial charge is 0.308 e. The van der Waals surface area contributed by atoms with Gasteiger partial charge >= 0.3 is 4.87 Å². The highest BCUT2D eigenvalue weighted by molar-refractivity contribution is 9.10. The second-order valence-electron chi connectivity index (χ2n) is 9.20. The fourth-order valence-corrected chi connectivity index (χ4v) is 9.55. The summed E-state index contributed by atoms with van der Waals surface area (Å²) in [5.74, 6) is 2.04. The highest BCUT2D eigenvalue weighted by Crippen LogP contribution is 2.64. The van der Waals surface area contributed by atoms with Gasteiger partial charge in [-0.3, -0.25) is 14.2 Å². The first-order chi connectivity index (χ1) is 16.0. The minimum Gasteiger partial charge on any atom is -0.325 e. The molecule has 3 aliphatic rings. The molecule has 2 aromatic carbocycles. The Balaban J connectivity index is 1.36. The summed E-state index contributed by atoms with van der Waals surface area (Å²) in [5, 5.41) is 5.03. The second kappa shape index (κ2) is 8.59. The Bertz CT molecular complexity index is 1270. The van der Waals surface area contributed by atoms with E-state index in [-0.39, 0.29) is 23.2 Å². The third kappa shape index (κ3) is 3.91. The predicted molar refractivity (Wildman–Crippen MR) is 139 cm³/mol. The van der Waals surface area contributed by atoms with Gasteiger partial charge in [0.1, 0.15) is 6.54 Å². The van der Waals surface area contributed by atoms with E-state index in [1.807, 2.05) is 11.8 Å². The number of nitrogens with one attached hydrogen (secondary N) is 1. The van der Waals surface area contributed by atoms with Crippen LogP contribution in [-0.2, 0) is 11.3 Å². The number of carbonyl (C=O) groups excluding carboxylic acids is 1. The second-order valence-corrected chi connectivity index (χ2v) is 12.7. The minimum absolute atomic E-state index is 0.0266. The summed E-state index contributed by atoms with van der Waals surface area (Å²) in [6.07, 6.45) is 3.88. The molecule has 3 aromatic rings. The molecule has 0 radical (unpaired) electrons. The van der Waals surface area contributed by atoms with Crippen LogP contribution in [0, 0.1) is 17.8 Å². The van der Waals surface area contributed by atoms with Crippen molar-refractivity contribution in [2.45, 2.75) is 42.0 Å². The number of hydrogen-bond donors (Lipinski definition) is 1. The lowest BCUT2D eigenvalue weighted by Crippen LogP contribution is -2.34. The summed E-state index contributed by atoms with van der Waals surface area (Å²) in [4.78, 5) is 27.1. The molecule has 0 saturated heterocycles. The molecule has 4 nitrogen and oxygen atoms in total. The van der Waals surface area contributed by atoms with Crippen molar-refractivity contribution in [2.75, 3.05) is 5.32 Å². The van der Waals surface area contributed by atoms with Gasteiger partial charge in [0.25, 0.3) is 0 Å². The van der Waals surface area contributed by atoms with Crippen molar-refractivity contribution in [1.29, 1.82) is 0 Å². The first-order valence-corrected chi connectivity index (χ1v) is 14.1. The molecule has 2 saturated carbocycles. The van der Waals surface area contributed by atoms with Crippen LogP contribution in [0.4, 0.5) is 5.69 Å². The van der Waals surface area contributed by atoms with Crippen LogP contribution in [0.3, 0.4) is 0 Å². The van der Waals surface area contributed by atoms with Crippen LogP contribution in [0.1, 0.15) is 35.6 Å². The van der Waals surface area contributed by atoms with Gasteiger partial charge in [-0.15, -0.1) is 11.8 Å². The molecular formula is C25H22BrClN2O2S2. The van der Waals surface area contributed by atoms with E-state index in [4.69, 9.17) is 11.6 Å². The van der Waals surface area contributed by atoms with Crippen LogP contribution >= 0.6 is 50.6 Å². The number of aromatic nitrogens is 1. The predicted octanol–water partition coefficient (Wildman–Crippen LogP) is 6.62. The Labute approximate surface area is 213 Å². The van der Waals surface area contributed by atoms with E-state index in [0.29, 0.717) is 27.8 Å². The molecule has 8 heteroatoms. The van der Waals surface area contributed by atoms with Gasteiger partial charge in [0.15, 0.2) is 0 Å². The largest absolute Gasteiger partial charge is 0.325 e. The zero-order chi connectivity index (χ0) is 22.7. The number of amides is 1. The summed E-state index contributed by atoms with van der Waals surface area (Å²) >= 11 is 12.7. The van der Waals surface area contributed by atoms with Crippen molar-refractivity contribution in [3.05, 3.63) is 78.1 Å². The SMILES string of the molecule is O=C(Cn1c2c(sc1=O)[C@@H](c1ccc(Br)cc1)C1C3CCC(C3)C1S2)Nc1ccc(Cl)cc1. The van der Waals surface area contributed by atoms with Crippen LogP contribution in [0.5, 0.6) is 0 Å². The molecule has 2 fully saturated rings. The number of benzene rings is 2. The Kier molecular flexibility index (Phi) is 5.72. The first kappa shape index (κ1) is 22.0. The third-order valence-electron chi connectivity index (χ3n) is 7.35. The summed E-state index contributed by atoms with van der Waals surface area (Å²) < 4.78 is 2.76. The highest BCUT2D eigenvalue weighted by atomic mass is 79.9. The molecule has 6 rings (SSSR count). The number of fused-ring (bicyclic) bond motifs is 6. The van der Waals surface area contributed by atoms with Gasteiger partial charge in [-0.25, -0.2) is 0 Å². The lowest BCUT2D eigenvalue weighted by molar-refractivity contribution is -0.116. The van der Waals surface area contributed by atoms with E-state index in [1.165, 1.54) is 36.2 Å². The molecule has 1 aliphatic heterocycles. The molecule has 2 aliphatic carbocycles. The van der Waals surface area contributed by atoms with E-state index in [0.717, 1.165) is 20.3 Å². The molecule has 33 heavy (non-hydrogen) atoms. The Hall–Kier alpha value is -1.54. The number of carbonyl (C=O) groups is 1. The van der Waals surface area contributed by atoms with Gasteiger partial charge in [0.2, 0.25) is 5.91 Å². The van der Waals surface area contributed by atoms with Gasteiger partial charge in [0, 0.05) is 31.2 Å². The number of thioether (sulfide) groups is 1. The minimum atomic E-state index is -0.198. The van der Waals surface area contributed by atoms with E-state index in [1.54, 1.807) is 28.8 Å². The lowest BCUT2D eigenvalue weighted by Gasteiger charge is -2.40. The maximum absolute atomic E-state index is 13.1. The van der Waals surface area contributed by atoms with Gasteiger partial charge in [-0.1, -0.05) is 51.0 Å². The average molecular weight is 562 g/mol. The van der Waals surface area contributed by atoms with Crippen LogP contribution in [0.2, 0.25) is 5.02 Å². The van der Waals surface area contributed by atoms with E-state index in [9.17, 15) is 9.59 Å². The standard InChI is InChI=1S/C25H22BrClN2O2S2/c26-16-5-3-13(4-6-16)20-21-14-1-2-15(11-14)22(21)32-24-23(20)33-25(31)29(24)12-19(30)28-18-9-7-17(27)8-10-18/h3-10,14-15,20-22H,1-2,11-12H2,(H,28,30)/t14?,15?,20-,21?,22?/m0/s1. The van der Waals surface area contributed by atoms with Gasteiger partial charge in [-0.2, -0.15) is 0 Å². The topological polar surface area (TPSA) is 51.1 Å². The monoisotopic (exact) mass is 560 g/mol. The Morgan fingerprint density at radius 2 is 1.82 bits per heavy atom. The van der Waals surface area contributed by atoms with Crippen molar-refractivity contribution in [3.63, 3.8) is 0 Å². The quantitative estimate of drug-likeness (QED) is 0.390. The summed E-state index contributed by atoms with van der Waals surface area (Å²) in [6.45, 7) is 0.0266. The molecule has 5 atom stereocenters. The highest BCUT2D eigenvalue weighted by Gasteiger charge is 2.55. The maximum Gasteiger partial charge on any atom is 0.308 e. The molecule has 0 spiro atoms. The Morgan fingerprint density at radius 3 is 2.58 bits per heavy atom. The number of anilines is 1. The van der Waals surface area contributed by atoms with Crippen molar-refractivity contribution >= 4 is 62.2 Å². The summed E-state index contributed by atoms with van der Waals surface area (Å²) in [7, 11) is 0. The molecule has 1 N–H and O–H groups in total. The number of thiazole rings is 1. The van der Waals surface area contributed by atoms with Crippen LogP contribution in [-0.4, -0.2) is 15.7 Å². The van der Waals surface area contributed by atoms with Crippen molar-refractivity contribution in [3.8, 4) is 0 Å². The molecule has 1 amide bonds. The Morgan fingerprint density at radius 1 is 1.09 bits per heavy atom. The van der Waals surface area contributed by atoms with Gasteiger partial charge in [-0.05, 0) is 79.0 Å². The van der Waals surface area contributed by atoms with Crippen molar-refractivity contribution in [1.82, 2.24) is 4.57 Å². The zero-order valence-corrected chi connectivity index (χ0v) is 21.6. The molecule has 1 aromatic heterocycles. The first-order valence-electron chi connectivity index (χ1n) is 11.2. The summed E-state index contributed by atoms with van der Waals surface area (Å²) in [5.41, 5.74) is 1.96. The summed E-state index contributed by atoms with van der Waals surface area (Å²) in [6, 6.07) is 15.6. The molecular weight excluding hydrogens is 540 g/mol. The fourth-order valence-electron chi connectivity index (χ4n) is 6.01. The normalized spacial score (nSPS) is 27.3. The van der Waals surface area contributed by atoms with Gasteiger partial charge in [0.05, 0.1) is 5.03 Å². The number of hydrogen-bond acceptors (Lipinski definition) is 4. The van der Waals surface area contributed by atoms with Crippen LogP contribution in [0.25, 0.3) is 0 Å². The van der Waals surface area contributed by atoms with E-state index < -0.39 is 0 Å². The average Bonchev–Trinajstić information content (AvgIpc) is 3.49. The molecule has 170 valence electrons. The van der Waals surface area contributed by atoms with Crippen molar-refractivity contribution < 1.29 is 4.79 Å². The lowest BCUT2D eigenvalue weighted by atomic mass is 9.75. The molecule has 4 unspecified atom stereocenters. The van der Waals surface area contributed by atoms with E-state index >= 15 is 0 Å². The van der Waals surface area contributed by atoms with Crippen molar-refractivity contribution in [2.24, 2.45) is 17.8 Å².